The van der Waals surface area contributed by atoms with Gasteiger partial charge >= 0.3 is 5.97 Å². The van der Waals surface area contributed by atoms with Crippen LogP contribution in [0, 0.1) is 0 Å². The highest BCUT2D eigenvalue weighted by Gasteiger charge is 2.11. The monoisotopic (exact) mass is 275 g/mol. The maximum Gasteiger partial charge on any atom is 0.349 e. The number of hydrogen-bond acceptors (Lipinski definition) is 5. The molecule has 19 heavy (non-hydrogen) atoms. The number of aromatic nitrogens is 2. The van der Waals surface area contributed by atoms with Crippen LogP contribution in [0.15, 0.2) is 30.6 Å². The SMILES string of the molecule is CCOC(=O)C(=S)C=C(N)c1c[nH]c2ncccc12. The largest absolute Gasteiger partial charge is 0.462 e. The Hall–Kier alpha value is -2.21. The highest BCUT2D eigenvalue weighted by Crippen LogP contribution is 2.20. The number of pyridine rings is 1. The van der Waals surface area contributed by atoms with Crippen LogP contribution >= 0.6 is 12.2 Å². The number of thiocarbonyl (C=S) groups is 1. The van der Waals surface area contributed by atoms with E-state index in [1.165, 1.54) is 6.08 Å². The maximum atomic E-state index is 11.4. The summed E-state index contributed by atoms with van der Waals surface area (Å²) in [6.07, 6.45) is 4.85. The van der Waals surface area contributed by atoms with Crippen LogP contribution in [-0.2, 0) is 9.53 Å². The molecule has 0 aliphatic heterocycles. The quantitative estimate of drug-likeness (QED) is 0.505. The molecule has 0 saturated heterocycles. The molecule has 98 valence electrons. The Bertz CT molecular complexity index is 661. The van der Waals surface area contributed by atoms with Gasteiger partial charge in [0.15, 0.2) is 0 Å². The minimum Gasteiger partial charge on any atom is -0.462 e. The standard InChI is InChI=1S/C13H13N3O2S/c1-2-18-13(17)11(19)6-10(14)9-7-16-12-8(9)4-3-5-15-12/h3-7H,2,14H2,1H3,(H,15,16). The van der Waals surface area contributed by atoms with Gasteiger partial charge in [0.1, 0.15) is 10.5 Å². The van der Waals surface area contributed by atoms with Gasteiger partial charge in [0.25, 0.3) is 0 Å². The molecule has 2 heterocycles. The first-order chi connectivity index (χ1) is 9.13. The van der Waals surface area contributed by atoms with Gasteiger partial charge in [-0.15, -0.1) is 0 Å². The second-order valence-corrected chi connectivity index (χ2v) is 4.23. The highest BCUT2D eigenvalue weighted by molar-refractivity contribution is 7.82. The van der Waals surface area contributed by atoms with Crippen molar-refractivity contribution < 1.29 is 9.53 Å². The molecule has 0 aromatic carbocycles. The van der Waals surface area contributed by atoms with Crippen LogP contribution in [0.2, 0.25) is 0 Å². The van der Waals surface area contributed by atoms with Crippen LogP contribution in [0.25, 0.3) is 16.7 Å². The van der Waals surface area contributed by atoms with E-state index in [2.05, 4.69) is 9.97 Å². The van der Waals surface area contributed by atoms with Crippen LogP contribution in [0.5, 0.6) is 0 Å². The molecule has 2 rings (SSSR count). The van der Waals surface area contributed by atoms with E-state index in [1.807, 2.05) is 12.1 Å². The molecule has 2 aromatic rings. The van der Waals surface area contributed by atoms with Gasteiger partial charge in [-0.1, -0.05) is 12.2 Å². The van der Waals surface area contributed by atoms with Gasteiger partial charge in [-0.25, -0.2) is 9.78 Å². The number of fused-ring (bicyclic) bond motifs is 1. The lowest BCUT2D eigenvalue weighted by Gasteiger charge is -2.02. The van der Waals surface area contributed by atoms with E-state index in [0.29, 0.717) is 5.70 Å². The first-order valence-corrected chi connectivity index (χ1v) is 6.15. The average Bonchev–Trinajstić information content (AvgIpc) is 2.82. The molecule has 3 N–H and O–H groups in total. The predicted molar refractivity (Wildman–Crippen MR) is 77.5 cm³/mol. The number of nitrogens with zero attached hydrogens (tertiary/aromatic N) is 1. The van der Waals surface area contributed by atoms with Crippen LogP contribution in [0.4, 0.5) is 0 Å². The van der Waals surface area contributed by atoms with Crippen molar-refractivity contribution in [1.29, 1.82) is 0 Å². The summed E-state index contributed by atoms with van der Waals surface area (Å²) in [5.74, 6) is -0.543. The Morgan fingerprint density at radius 1 is 1.63 bits per heavy atom. The van der Waals surface area contributed by atoms with E-state index in [4.69, 9.17) is 22.7 Å². The van der Waals surface area contributed by atoms with Gasteiger partial charge in [-0.2, -0.15) is 0 Å². The molecule has 0 unspecified atom stereocenters. The van der Waals surface area contributed by atoms with Crippen molar-refractivity contribution >= 4 is 39.8 Å². The van der Waals surface area contributed by atoms with Gasteiger partial charge in [0.2, 0.25) is 0 Å². The number of carbonyl (C=O) groups is 1. The lowest BCUT2D eigenvalue weighted by molar-refractivity contribution is -0.134. The molecule has 6 heteroatoms. The minimum absolute atomic E-state index is 0.0533. The fourth-order valence-corrected chi connectivity index (χ4v) is 1.86. The van der Waals surface area contributed by atoms with Crippen molar-refractivity contribution in [2.75, 3.05) is 6.61 Å². The van der Waals surface area contributed by atoms with E-state index < -0.39 is 5.97 Å². The summed E-state index contributed by atoms with van der Waals surface area (Å²) in [5.41, 5.74) is 7.85. The van der Waals surface area contributed by atoms with Crippen LogP contribution in [-0.4, -0.2) is 27.4 Å². The van der Waals surface area contributed by atoms with Gasteiger partial charge in [-0.05, 0) is 25.1 Å². The zero-order valence-corrected chi connectivity index (χ0v) is 11.2. The van der Waals surface area contributed by atoms with E-state index >= 15 is 0 Å². The topological polar surface area (TPSA) is 81.0 Å². The number of hydrogen-bond donors (Lipinski definition) is 2. The third-order valence-electron chi connectivity index (χ3n) is 2.53. The smallest absolute Gasteiger partial charge is 0.349 e. The number of esters is 1. The number of ether oxygens (including phenoxy) is 1. The molecule has 2 aromatic heterocycles. The normalized spacial score (nSPS) is 11.5. The Morgan fingerprint density at radius 2 is 2.42 bits per heavy atom. The van der Waals surface area contributed by atoms with Crippen molar-refractivity contribution in [3.63, 3.8) is 0 Å². The molecule has 0 radical (unpaired) electrons. The van der Waals surface area contributed by atoms with Gasteiger partial charge in [-0.3, -0.25) is 0 Å². The van der Waals surface area contributed by atoms with E-state index in [-0.39, 0.29) is 11.5 Å². The van der Waals surface area contributed by atoms with Crippen molar-refractivity contribution in [3.05, 3.63) is 36.2 Å². The van der Waals surface area contributed by atoms with E-state index in [1.54, 1.807) is 19.3 Å². The van der Waals surface area contributed by atoms with Gasteiger partial charge in [0.05, 0.1) is 6.61 Å². The Labute approximate surface area is 115 Å². The fourth-order valence-electron chi connectivity index (χ4n) is 1.67. The molecule has 0 atom stereocenters. The van der Waals surface area contributed by atoms with Crippen LogP contribution in [0.3, 0.4) is 0 Å². The Balaban J connectivity index is 2.31. The zero-order chi connectivity index (χ0) is 13.8. The third-order valence-corrected chi connectivity index (χ3v) is 2.81. The lowest BCUT2D eigenvalue weighted by Crippen LogP contribution is -2.14. The Morgan fingerprint density at radius 3 is 3.16 bits per heavy atom. The highest BCUT2D eigenvalue weighted by atomic mass is 32.1. The molecular formula is C13H13N3O2S. The molecule has 0 aliphatic carbocycles. The second kappa shape index (κ2) is 5.62. The molecule has 0 aliphatic rings. The number of aromatic amines is 1. The summed E-state index contributed by atoms with van der Waals surface area (Å²) in [6.45, 7) is 2.00. The molecule has 0 spiro atoms. The minimum atomic E-state index is -0.543. The molecule has 5 nitrogen and oxygen atoms in total. The first-order valence-electron chi connectivity index (χ1n) is 5.74. The molecule has 0 bridgehead atoms. The van der Waals surface area contributed by atoms with Crippen molar-refractivity contribution in [3.8, 4) is 0 Å². The first kappa shape index (κ1) is 13.2. The predicted octanol–water partition coefficient (Wildman–Crippen LogP) is 1.80. The van der Waals surface area contributed by atoms with Crippen molar-refractivity contribution in [1.82, 2.24) is 9.97 Å². The summed E-state index contributed by atoms with van der Waals surface area (Å²) >= 11 is 4.96. The summed E-state index contributed by atoms with van der Waals surface area (Å²) in [5, 5.41) is 0.878. The van der Waals surface area contributed by atoms with E-state index in [9.17, 15) is 4.79 Å². The van der Waals surface area contributed by atoms with Crippen molar-refractivity contribution in [2.45, 2.75) is 6.92 Å². The molecule has 0 amide bonds. The third kappa shape index (κ3) is 2.79. The maximum absolute atomic E-state index is 11.4. The second-order valence-electron chi connectivity index (χ2n) is 3.79. The lowest BCUT2D eigenvalue weighted by atomic mass is 10.1. The molecular weight excluding hydrogens is 262 g/mol. The molecule has 0 saturated carbocycles. The van der Waals surface area contributed by atoms with Gasteiger partial charge in [0, 0.05) is 29.0 Å². The van der Waals surface area contributed by atoms with E-state index in [0.717, 1.165) is 16.6 Å². The zero-order valence-electron chi connectivity index (χ0n) is 10.3. The van der Waals surface area contributed by atoms with Crippen LogP contribution in [0.1, 0.15) is 12.5 Å². The number of H-pyrrole nitrogens is 1. The average molecular weight is 275 g/mol. The molecule has 0 fully saturated rings. The summed E-state index contributed by atoms with van der Waals surface area (Å²) in [6, 6.07) is 3.71. The summed E-state index contributed by atoms with van der Waals surface area (Å²) < 4.78 is 4.81. The number of rotatable bonds is 4. The van der Waals surface area contributed by atoms with Crippen molar-refractivity contribution in [2.24, 2.45) is 5.73 Å². The summed E-state index contributed by atoms with van der Waals surface area (Å²) in [4.78, 5) is 18.7. The number of nitrogens with two attached hydrogens (primary N) is 1. The number of nitrogens with one attached hydrogen (secondary N) is 1. The number of carbonyl (C=O) groups excluding carboxylic acids is 1. The van der Waals surface area contributed by atoms with Gasteiger partial charge < -0.3 is 15.5 Å². The Kier molecular flexibility index (Phi) is 3.91. The fraction of sp³-hybridized carbons (Fsp3) is 0.154. The van der Waals surface area contributed by atoms with Crippen LogP contribution < -0.4 is 5.73 Å². The summed E-state index contributed by atoms with van der Waals surface area (Å²) in [7, 11) is 0.